The van der Waals surface area contributed by atoms with Gasteiger partial charge in [0.2, 0.25) is 0 Å². The van der Waals surface area contributed by atoms with Gasteiger partial charge in [-0.2, -0.15) is 0 Å². The van der Waals surface area contributed by atoms with Crippen LogP contribution in [0.3, 0.4) is 0 Å². The summed E-state index contributed by atoms with van der Waals surface area (Å²) in [4.78, 5) is 29.9. The van der Waals surface area contributed by atoms with Crippen molar-refractivity contribution >= 4 is 11.9 Å². The second kappa shape index (κ2) is 17.3. The van der Waals surface area contributed by atoms with E-state index < -0.39 is 0 Å². The largest absolute Gasteiger partial charge is 0.462 e. The zero-order valence-electron chi connectivity index (χ0n) is 29.7. The summed E-state index contributed by atoms with van der Waals surface area (Å²) in [6.45, 7) is 12.8. The predicted octanol–water partition coefficient (Wildman–Crippen LogP) is 7.10. The van der Waals surface area contributed by atoms with Crippen molar-refractivity contribution in [2.24, 2.45) is 23.7 Å². The number of carbonyl (C=O) groups excluding carboxylic acids is 2. The van der Waals surface area contributed by atoms with Gasteiger partial charge in [0.05, 0.1) is 48.5 Å². The third-order valence-electron chi connectivity index (χ3n) is 11.5. The first-order chi connectivity index (χ1) is 21.6. The van der Waals surface area contributed by atoms with E-state index in [0.29, 0.717) is 25.3 Å². The van der Waals surface area contributed by atoms with Crippen molar-refractivity contribution in [2.75, 3.05) is 14.1 Å². The molecule has 260 valence electrons. The van der Waals surface area contributed by atoms with Gasteiger partial charge in [-0.05, 0) is 84.7 Å². The molecule has 0 aromatic rings. The molecule has 45 heavy (non-hydrogen) atoms. The monoisotopic (exact) mass is 635 g/mol. The molecule has 0 N–H and O–H groups in total. The predicted molar refractivity (Wildman–Crippen MR) is 176 cm³/mol. The number of nitrogens with zero attached hydrogens (tertiary/aromatic N) is 1. The van der Waals surface area contributed by atoms with Crippen molar-refractivity contribution in [2.45, 2.75) is 186 Å². The van der Waals surface area contributed by atoms with Crippen LogP contribution in [-0.4, -0.2) is 85.8 Å². The molecule has 4 bridgehead atoms. The Bertz CT molecular complexity index is 928. The summed E-state index contributed by atoms with van der Waals surface area (Å²) in [6, 6.07) is 0.508. The highest BCUT2D eigenvalue weighted by Crippen LogP contribution is 2.40. The summed E-state index contributed by atoms with van der Waals surface area (Å²) in [5.74, 6) is -0.900. The van der Waals surface area contributed by atoms with Gasteiger partial charge >= 0.3 is 11.9 Å². The molecule has 0 radical (unpaired) electrons. The molecule has 4 heterocycles. The summed E-state index contributed by atoms with van der Waals surface area (Å²) >= 11 is 0. The molecule has 4 fully saturated rings. The van der Waals surface area contributed by atoms with E-state index in [1.807, 2.05) is 0 Å². The number of rotatable bonds is 11. The summed E-state index contributed by atoms with van der Waals surface area (Å²) in [5, 5.41) is 0. The normalized spacial score (nSPS) is 39.5. The van der Waals surface area contributed by atoms with Gasteiger partial charge in [-0.25, -0.2) is 0 Å². The van der Waals surface area contributed by atoms with Crippen molar-refractivity contribution in [1.29, 1.82) is 0 Å². The second-order valence-electron chi connectivity index (χ2n) is 14.9. The first kappa shape index (κ1) is 36.6. The van der Waals surface area contributed by atoms with Crippen LogP contribution >= 0.6 is 0 Å². The maximum Gasteiger partial charge on any atom is 0.311 e. The van der Waals surface area contributed by atoms with E-state index in [1.165, 1.54) is 6.42 Å². The topological polar surface area (TPSA) is 83.5 Å². The molecule has 0 aromatic heterocycles. The Labute approximate surface area is 274 Å². The fraction of sp³-hybridized carbons (Fsp3) is 0.946. The lowest BCUT2D eigenvalue weighted by Gasteiger charge is -2.37. The molecule has 4 rings (SSSR count). The number of ether oxygens (including phenoxy) is 5. The Morgan fingerprint density at radius 1 is 0.756 bits per heavy atom. The lowest BCUT2D eigenvalue weighted by Crippen LogP contribution is -2.45. The number of carbonyl (C=O) groups is 2. The van der Waals surface area contributed by atoms with Crippen LogP contribution in [0.5, 0.6) is 0 Å². The van der Waals surface area contributed by atoms with E-state index >= 15 is 0 Å². The van der Waals surface area contributed by atoms with Crippen LogP contribution in [0.1, 0.15) is 131 Å². The summed E-state index contributed by atoms with van der Waals surface area (Å²) in [7, 11) is 4.33. The quantitative estimate of drug-likeness (QED) is 0.222. The molecule has 8 nitrogen and oxygen atoms in total. The van der Waals surface area contributed by atoms with Gasteiger partial charge in [0, 0.05) is 24.3 Å². The molecular weight excluding hydrogens is 570 g/mol. The van der Waals surface area contributed by atoms with Gasteiger partial charge in [0.15, 0.2) is 0 Å². The van der Waals surface area contributed by atoms with E-state index in [2.05, 4.69) is 60.5 Å². The molecule has 0 unspecified atom stereocenters. The highest BCUT2D eigenvalue weighted by atomic mass is 16.6. The minimum atomic E-state index is -0.342. The molecule has 13 atom stereocenters. The zero-order valence-corrected chi connectivity index (χ0v) is 29.7. The van der Waals surface area contributed by atoms with E-state index in [9.17, 15) is 9.59 Å². The van der Waals surface area contributed by atoms with Crippen molar-refractivity contribution in [3.63, 3.8) is 0 Å². The van der Waals surface area contributed by atoms with E-state index in [0.717, 1.165) is 64.2 Å². The van der Waals surface area contributed by atoms with Gasteiger partial charge in [0.1, 0.15) is 12.2 Å². The summed E-state index contributed by atoms with van der Waals surface area (Å²) in [5.41, 5.74) is 0. The van der Waals surface area contributed by atoms with E-state index in [-0.39, 0.29) is 84.4 Å². The van der Waals surface area contributed by atoms with Gasteiger partial charge in [0.25, 0.3) is 0 Å². The molecule has 0 aliphatic carbocycles. The number of hydrogen-bond donors (Lipinski definition) is 0. The van der Waals surface area contributed by atoms with Crippen LogP contribution in [0.2, 0.25) is 0 Å². The van der Waals surface area contributed by atoms with Gasteiger partial charge in [-0.3, -0.25) is 9.59 Å². The van der Waals surface area contributed by atoms with E-state index in [4.69, 9.17) is 23.7 Å². The van der Waals surface area contributed by atoms with Gasteiger partial charge in [-0.1, -0.05) is 54.4 Å². The minimum absolute atomic E-state index is 0.0162. The van der Waals surface area contributed by atoms with Crippen molar-refractivity contribution in [3.8, 4) is 0 Å². The number of fused-ring (bicyclic) bond motifs is 4. The van der Waals surface area contributed by atoms with Crippen LogP contribution < -0.4 is 0 Å². The van der Waals surface area contributed by atoms with Crippen LogP contribution in [0.4, 0.5) is 0 Å². The number of hydrogen-bond acceptors (Lipinski definition) is 8. The maximum atomic E-state index is 14.0. The summed E-state index contributed by atoms with van der Waals surface area (Å²) < 4.78 is 32.7. The smallest absolute Gasteiger partial charge is 0.311 e. The second-order valence-corrected chi connectivity index (χ2v) is 14.9. The lowest BCUT2D eigenvalue weighted by atomic mass is 9.84. The van der Waals surface area contributed by atoms with Crippen molar-refractivity contribution < 1.29 is 33.3 Å². The molecule has 0 amide bonds. The molecule has 0 aromatic carbocycles. The number of esters is 2. The Morgan fingerprint density at radius 3 is 2.04 bits per heavy atom. The molecular formula is C37H65NO7. The Hall–Kier alpha value is -1.22. The Balaban J connectivity index is 1.56. The highest BCUT2D eigenvalue weighted by molar-refractivity contribution is 5.74. The Kier molecular flexibility index (Phi) is 14.0. The summed E-state index contributed by atoms with van der Waals surface area (Å²) in [6.07, 6.45) is 11.8. The third kappa shape index (κ3) is 9.23. The van der Waals surface area contributed by atoms with Gasteiger partial charge in [-0.15, -0.1) is 0 Å². The highest BCUT2D eigenvalue weighted by Gasteiger charge is 2.46. The SMILES string of the molecule is CCC[C@@H]1C[C@@H]2CC[C@@H](O2)[C@@H](CC)C(=O)O[C@@H]([C@H](C)[C@H]2CC[C@@H](C[C@@H](CCC)N(C)C)O2)[C@@H](C)[C@@H]2CC[C@@H](O2)[C@@H](CC)C(=O)O1. The van der Waals surface area contributed by atoms with Gasteiger partial charge < -0.3 is 28.6 Å². The molecule has 0 spiro atoms. The van der Waals surface area contributed by atoms with Crippen molar-refractivity contribution in [1.82, 2.24) is 4.90 Å². The van der Waals surface area contributed by atoms with Crippen LogP contribution in [0.25, 0.3) is 0 Å². The fourth-order valence-electron chi connectivity index (χ4n) is 8.68. The third-order valence-corrected chi connectivity index (χ3v) is 11.5. The molecule has 4 aliphatic rings. The molecule has 4 saturated heterocycles. The molecule has 4 aliphatic heterocycles. The Morgan fingerprint density at radius 2 is 1.40 bits per heavy atom. The fourth-order valence-corrected chi connectivity index (χ4v) is 8.68. The minimum Gasteiger partial charge on any atom is -0.462 e. The lowest BCUT2D eigenvalue weighted by molar-refractivity contribution is -0.176. The van der Waals surface area contributed by atoms with Crippen LogP contribution in [0.15, 0.2) is 0 Å². The van der Waals surface area contributed by atoms with Crippen LogP contribution in [0, 0.1) is 23.7 Å². The van der Waals surface area contributed by atoms with Crippen molar-refractivity contribution in [3.05, 3.63) is 0 Å². The average molecular weight is 636 g/mol. The number of cyclic esters (lactones) is 2. The first-order valence-corrected chi connectivity index (χ1v) is 18.6. The average Bonchev–Trinajstić information content (AvgIpc) is 3.78. The van der Waals surface area contributed by atoms with E-state index in [1.54, 1.807) is 0 Å². The zero-order chi connectivity index (χ0) is 32.7. The maximum absolute atomic E-state index is 14.0. The standard InChI is InChI=1S/C37H65NO7/c1-9-13-25(38(7)8)21-27-15-17-31(41-27)23(5)35-24(6)32-19-20-34(44-32)30(12-4)36(39)43-26(14-10-2)22-28-16-18-33(42-28)29(11-3)37(40)45-35/h23-35H,9-22H2,1-8H3/t23-,24+,25-,26-,27+,28+,29-,30-,31-,32+,33-,34-,35+/m1/s1. The molecule has 8 heteroatoms. The molecule has 0 saturated carbocycles. The van der Waals surface area contributed by atoms with Crippen LogP contribution in [-0.2, 0) is 33.3 Å². The first-order valence-electron chi connectivity index (χ1n) is 18.6.